The van der Waals surface area contributed by atoms with Crippen LogP contribution in [0.5, 0.6) is 0 Å². The van der Waals surface area contributed by atoms with E-state index in [1.54, 1.807) is 0 Å². The van der Waals surface area contributed by atoms with Gasteiger partial charge in [-0.3, -0.25) is 0 Å². The first-order chi connectivity index (χ1) is 4.47. The van der Waals surface area contributed by atoms with Crippen molar-refractivity contribution in [3.05, 3.63) is 0 Å². The lowest BCUT2D eigenvalue weighted by Crippen LogP contribution is -2.47. The van der Waals surface area contributed by atoms with Crippen LogP contribution in [0.1, 0.15) is 6.42 Å². The average molecular weight is 144 g/mol. The summed E-state index contributed by atoms with van der Waals surface area (Å²) in [7, 11) is 0. The summed E-state index contributed by atoms with van der Waals surface area (Å²) in [4.78, 5) is 0. The molecule has 0 aliphatic carbocycles. The minimum atomic E-state index is 0.628. The molecule has 9 heavy (non-hydrogen) atoms. The lowest BCUT2D eigenvalue weighted by atomic mass is 10.3. The highest BCUT2D eigenvalue weighted by Crippen LogP contribution is 2.23. The summed E-state index contributed by atoms with van der Waals surface area (Å²) in [5.41, 5.74) is 0. The molecule has 2 fully saturated rings. The molecule has 2 N–H and O–H groups in total. The van der Waals surface area contributed by atoms with Gasteiger partial charge in [0.1, 0.15) is 0 Å². The fourth-order valence-corrected chi connectivity index (χ4v) is 2.69. The predicted octanol–water partition coefficient (Wildman–Crippen LogP) is 0.0108. The first-order valence-corrected chi connectivity index (χ1v) is 4.60. The molecule has 2 aliphatic heterocycles. The van der Waals surface area contributed by atoms with Crippen molar-refractivity contribution in [1.82, 2.24) is 10.6 Å². The van der Waals surface area contributed by atoms with E-state index < -0.39 is 0 Å². The zero-order valence-corrected chi connectivity index (χ0v) is 6.21. The molecular formula is C6H12N2S. The van der Waals surface area contributed by atoms with E-state index in [4.69, 9.17) is 0 Å². The van der Waals surface area contributed by atoms with Crippen LogP contribution in [-0.4, -0.2) is 30.3 Å². The van der Waals surface area contributed by atoms with Crippen molar-refractivity contribution in [2.75, 3.05) is 18.8 Å². The Morgan fingerprint density at radius 3 is 3.00 bits per heavy atom. The van der Waals surface area contributed by atoms with Gasteiger partial charge in [-0.2, -0.15) is 11.8 Å². The molecular weight excluding hydrogens is 132 g/mol. The number of thioether (sulfide) groups is 1. The third-order valence-electron chi connectivity index (χ3n) is 1.96. The number of hydrogen-bond acceptors (Lipinski definition) is 3. The Bertz CT molecular complexity index is 95.2. The van der Waals surface area contributed by atoms with Crippen LogP contribution in [0.25, 0.3) is 0 Å². The molecule has 2 rings (SSSR count). The molecule has 0 aromatic heterocycles. The highest BCUT2D eigenvalue weighted by Gasteiger charge is 2.28. The molecule has 52 valence electrons. The van der Waals surface area contributed by atoms with Crippen LogP contribution in [0.3, 0.4) is 0 Å². The summed E-state index contributed by atoms with van der Waals surface area (Å²) in [5.74, 6) is 1.29. The summed E-state index contributed by atoms with van der Waals surface area (Å²) in [5, 5.41) is 7.74. The van der Waals surface area contributed by atoms with Gasteiger partial charge < -0.3 is 10.6 Å². The van der Waals surface area contributed by atoms with E-state index in [9.17, 15) is 0 Å². The Balaban J connectivity index is 1.97. The minimum absolute atomic E-state index is 0.628. The second-order valence-electron chi connectivity index (χ2n) is 2.58. The van der Waals surface area contributed by atoms with Gasteiger partial charge in [-0.15, -0.1) is 0 Å². The van der Waals surface area contributed by atoms with Crippen molar-refractivity contribution < 1.29 is 0 Å². The van der Waals surface area contributed by atoms with Gasteiger partial charge in [0.05, 0.1) is 6.17 Å². The molecule has 2 aliphatic rings. The molecule has 0 amide bonds. The molecule has 2 nitrogen and oxygen atoms in total. The number of hydrogen-bond donors (Lipinski definition) is 2. The third kappa shape index (κ3) is 1.09. The molecule has 0 aromatic rings. The zero-order chi connectivity index (χ0) is 6.10. The van der Waals surface area contributed by atoms with E-state index in [0.29, 0.717) is 6.17 Å². The highest BCUT2D eigenvalue weighted by molar-refractivity contribution is 8.00. The van der Waals surface area contributed by atoms with Crippen molar-refractivity contribution in [2.24, 2.45) is 0 Å². The van der Waals surface area contributed by atoms with Gasteiger partial charge >= 0.3 is 0 Å². The molecule has 0 spiro atoms. The Morgan fingerprint density at radius 1 is 1.22 bits per heavy atom. The predicted molar refractivity (Wildman–Crippen MR) is 40.7 cm³/mol. The van der Waals surface area contributed by atoms with E-state index in [-0.39, 0.29) is 0 Å². The van der Waals surface area contributed by atoms with E-state index in [2.05, 4.69) is 22.4 Å². The first kappa shape index (κ1) is 6.01. The Hall–Kier alpha value is 0.270. The minimum Gasteiger partial charge on any atom is -0.301 e. The fourth-order valence-electron chi connectivity index (χ4n) is 1.49. The first-order valence-electron chi connectivity index (χ1n) is 3.55. The van der Waals surface area contributed by atoms with Crippen LogP contribution in [0.15, 0.2) is 0 Å². The molecule has 2 atom stereocenters. The maximum atomic E-state index is 3.45. The lowest BCUT2D eigenvalue weighted by molar-refractivity contribution is 0.496. The quantitative estimate of drug-likeness (QED) is 0.501. The summed E-state index contributed by atoms with van der Waals surface area (Å²) < 4.78 is 0. The maximum absolute atomic E-state index is 3.45. The van der Waals surface area contributed by atoms with Crippen LogP contribution < -0.4 is 10.6 Å². The van der Waals surface area contributed by atoms with Crippen LogP contribution in [0, 0.1) is 0 Å². The summed E-state index contributed by atoms with van der Waals surface area (Å²) >= 11 is 2.11. The van der Waals surface area contributed by atoms with Crippen LogP contribution >= 0.6 is 11.8 Å². The van der Waals surface area contributed by atoms with Gasteiger partial charge in [0.2, 0.25) is 0 Å². The maximum Gasteiger partial charge on any atom is 0.0694 e. The summed E-state index contributed by atoms with van der Waals surface area (Å²) in [6, 6.07) is 0. The normalized spacial score (nSPS) is 42.7. The van der Waals surface area contributed by atoms with Gasteiger partial charge in [-0.1, -0.05) is 0 Å². The van der Waals surface area contributed by atoms with Gasteiger partial charge in [0.15, 0.2) is 0 Å². The van der Waals surface area contributed by atoms with E-state index in [0.717, 1.165) is 5.25 Å². The Kier molecular flexibility index (Phi) is 1.66. The average Bonchev–Trinajstić information content (AvgIpc) is 2.33. The highest BCUT2D eigenvalue weighted by atomic mass is 32.2. The third-order valence-corrected chi connectivity index (χ3v) is 3.34. The van der Waals surface area contributed by atoms with Gasteiger partial charge in [0, 0.05) is 17.5 Å². The van der Waals surface area contributed by atoms with E-state index >= 15 is 0 Å². The number of fused-ring (bicyclic) bond motifs is 1. The molecule has 0 bridgehead atoms. The standard InChI is InChI=1S/C6H12N2S/c1-2-7-6-5(1)9-4-3-8-6/h5-8H,1-4H2. The van der Waals surface area contributed by atoms with Crippen LogP contribution in [-0.2, 0) is 0 Å². The van der Waals surface area contributed by atoms with Crippen molar-refractivity contribution >= 4 is 11.8 Å². The van der Waals surface area contributed by atoms with Crippen LogP contribution in [0.2, 0.25) is 0 Å². The molecule has 2 saturated heterocycles. The monoisotopic (exact) mass is 144 g/mol. The number of nitrogens with one attached hydrogen (secondary N) is 2. The molecule has 0 saturated carbocycles. The molecule has 2 heterocycles. The summed E-state index contributed by atoms with van der Waals surface area (Å²) in [6.45, 7) is 2.38. The van der Waals surface area contributed by atoms with Gasteiger partial charge in [0.25, 0.3) is 0 Å². The SMILES string of the molecule is C1CSC2CCNC2N1. The topological polar surface area (TPSA) is 24.1 Å². The second-order valence-corrected chi connectivity index (χ2v) is 3.93. The van der Waals surface area contributed by atoms with Crippen LogP contribution in [0.4, 0.5) is 0 Å². The Morgan fingerprint density at radius 2 is 2.11 bits per heavy atom. The lowest BCUT2D eigenvalue weighted by Gasteiger charge is -2.25. The summed E-state index contributed by atoms with van der Waals surface area (Å²) in [6.07, 6.45) is 1.98. The van der Waals surface area contributed by atoms with E-state index in [1.807, 2.05) is 0 Å². The number of rotatable bonds is 0. The fraction of sp³-hybridized carbons (Fsp3) is 1.00. The molecule has 0 radical (unpaired) electrons. The van der Waals surface area contributed by atoms with Crippen molar-refractivity contribution in [3.8, 4) is 0 Å². The molecule has 2 unspecified atom stereocenters. The van der Waals surface area contributed by atoms with Crippen molar-refractivity contribution in [2.45, 2.75) is 17.8 Å². The zero-order valence-electron chi connectivity index (χ0n) is 5.39. The smallest absolute Gasteiger partial charge is 0.0694 e. The van der Waals surface area contributed by atoms with Gasteiger partial charge in [-0.25, -0.2) is 0 Å². The van der Waals surface area contributed by atoms with Crippen molar-refractivity contribution in [1.29, 1.82) is 0 Å². The van der Waals surface area contributed by atoms with Gasteiger partial charge in [-0.05, 0) is 13.0 Å². The molecule has 0 aromatic carbocycles. The molecule has 3 heteroatoms. The van der Waals surface area contributed by atoms with E-state index in [1.165, 1.54) is 25.3 Å². The van der Waals surface area contributed by atoms with Crippen molar-refractivity contribution in [3.63, 3.8) is 0 Å². The Labute approximate surface area is 59.8 Å². The second kappa shape index (κ2) is 2.48. The largest absolute Gasteiger partial charge is 0.301 e.